The fourth-order valence-electron chi connectivity index (χ4n) is 3.76. The van der Waals surface area contributed by atoms with Gasteiger partial charge in [0.1, 0.15) is 5.56 Å². The summed E-state index contributed by atoms with van der Waals surface area (Å²) < 4.78 is 1.92. The number of rotatable bonds is 2. The molecule has 0 bridgehead atoms. The second-order valence-electron chi connectivity index (χ2n) is 6.76. The number of benzene rings is 1. The van der Waals surface area contributed by atoms with Gasteiger partial charge in [-0.15, -0.1) is 0 Å². The van der Waals surface area contributed by atoms with Gasteiger partial charge in [0, 0.05) is 30.7 Å². The lowest BCUT2D eigenvalue weighted by atomic mass is 9.90. The van der Waals surface area contributed by atoms with E-state index in [4.69, 9.17) is 5.73 Å². The molecular formula is C18H19N5O4. The van der Waals surface area contributed by atoms with E-state index in [0.717, 1.165) is 25.6 Å². The Labute approximate surface area is 153 Å². The van der Waals surface area contributed by atoms with Gasteiger partial charge in [-0.25, -0.2) is 4.79 Å². The second kappa shape index (κ2) is 5.85. The third-order valence-corrected chi connectivity index (χ3v) is 5.21. The van der Waals surface area contributed by atoms with Crippen LogP contribution in [0.3, 0.4) is 0 Å². The van der Waals surface area contributed by atoms with Crippen LogP contribution in [0.15, 0.2) is 33.9 Å². The lowest BCUT2D eigenvalue weighted by Crippen LogP contribution is -2.50. The topological polar surface area (TPSA) is 135 Å². The molecule has 0 radical (unpaired) electrons. The number of primary amides is 1. The molecule has 3 heterocycles. The molecule has 140 valence electrons. The molecule has 0 fully saturated rings. The fraction of sp³-hybridized carbons (Fsp3) is 0.278. The minimum atomic E-state index is -0.816. The molecule has 9 heteroatoms. The Morgan fingerprint density at radius 2 is 1.93 bits per heavy atom. The Balaban J connectivity index is 2.04. The number of aromatic hydroxyl groups is 1. The van der Waals surface area contributed by atoms with Gasteiger partial charge in [0.25, 0.3) is 5.56 Å². The van der Waals surface area contributed by atoms with Crippen LogP contribution >= 0.6 is 0 Å². The lowest BCUT2D eigenvalue weighted by molar-refractivity contribution is -0.120. The molecule has 0 saturated heterocycles. The third-order valence-electron chi connectivity index (χ3n) is 5.21. The Hall–Kier alpha value is -3.33. The molecule has 5 N–H and O–H groups in total. The van der Waals surface area contributed by atoms with Crippen LogP contribution in [0.25, 0.3) is 10.9 Å². The number of aromatic nitrogens is 3. The average molecular weight is 369 g/mol. The van der Waals surface area contributed by atoms with Crippen molar-refractivity contribution in [3.63, 3.8) is 0 Å². The lowest BCUT2D eigenvalue weighted by Gasteiger charge is -2.30. The van der Waals surface area contributed by atoms with Gasteiger partial charge in [-0.3, -0.25) is 24.0 Å². The molecule has 1 amide bonds. The van der Waals surface area contributed by atoms with Crippen molar-refractivity contribution in [2.75, 3.05) is 0 Å². The smallest absolute Gasteiger partial charge is 0.333 e. The van der Waals surface area contributed by atoms with E-state index in [0.29, 0.717) is 12.1 Å². The van der Waals surface area contributed by atoms with Crippen LogP contribution in [0.5, 0.6) is 5.88 Å². The summed E-state index contributed by atoms with van der Waals surface area (Å²) in [6, 6.07) is 6.04. The summed E-state index contributed by atoms with van der Waals surface area (Å²) in [7, 11) is 2.72. The van der Waals surface area contributed by atoms with E-state index in [1.807, 2.05) is 24.3 Å². The zero-order valence-corrected chi connectivity index (χ0v) is 14.8. The van der Waals surface area contributed by atoms with Crippen molar-refractivity contribution in [1.29, 1.82) is 0 Å². The SMILES string of the molecule is Cn1c(O)c(C2NC(C(N)=O)Cc3c2[nH]c2ccccc32)c(=O)n(C)c1=O. The number of hydrogen-bond acceptors (Lipinski definition) is 5. The molecule has 2 aromatic heterocycles. The van der Waals surface area contributed by atoms with Crippen LogP contribution in [0, 0.1) is 0 Å². The number of aromatic amines is 1. The minimum Gasteiger partial charge on any atom is -0.494 e. The number of H-pyrrole nitrogens is 1. The maximum Gasteiger partial charge on any atom is 0.333 e. The van der Waals surface area contributed by atoms with Gasteiger partial charge in [0.05, 0.1) is 12.1 Å². The number of fused-ring (bicyclic) bond motifs is 3. The summed E-state index contributed by atoms with van der Waals surface area (Å²) in [5, 5.41) is 14.5. The highest BCUT2D eigenvalue weighted by atomic mass is 16.3. The van der Waals surface area contributed by atoms with Crippen LogP contribution in [0.1, 0.15) is 22.9 Å². The first-order chi connectivity index (χ1) is 12.8. The van der Waals surface area contributed by atoms with Crippen molar-refractivity contribution in [1.82, 2.24) is 19.4 Å². The molecule has 27 heavy (non-hydrogen) atoms. The van der Waals surface area contributed by atoms with Crippen molar-refractivity contribution >= 4 is 16.8 Å². The summed E-state index contributed by atoms with van der Waals surface area (Å²) in [5.74, 6) is -1.01. The first kappa shape index (κ1) is 17.1. The summed E-state index contributed by atoms with van der Waals surface area (Å²) in [6.45, 7) is 0. The first-order valence-electron chi connectivity index (χ1n) is 8.45. The first-order valence-corrected chi connectivity index (χ1v) is 8.45. The number of nitrogens with one attached hydrogen (secondary N) is 2. The van der Waals surface area contributed by atoms with Crippen LogP contribution in [-0.4, -0.2) is 31.2 Å². The standard InChI is InChI=1S/C18H19N5O4/c1-22-16(25)12(17(26)23(2)18(22)27)14-13-9(7-11(21-14)15(19)24)8-5-3-4-6-10(8)20-13/h3-6,11,14,20-21,25H,7H2,1-2H3,(H2,19,24). The molecular weight excluding hydrogens is 350 g/mol. The zero-order valence-electron chi connectivity index (χ0n) is 14.8. The van der Waals surface area contributed by atoms with E-state index in [9.17, 15) is 19.5 Å². The number of carbonyl (C=O) groups is 1. The Bertz CT molecular complexity index is 1200. The molecule has 1 aromatic carbocycles. The molecule has 2 atom stereocenters. The predicted octanol–water partition coefficient (Wildman–Crippen LogP) is -0.640. The highest BCUT2D eigenvalue weighted by Crippen LogP contribution is 2.36. The van der Waals surface area contributed by atoms with Crippen LogP contribution in [0.4, 0.5) is 0 Å². The highest BCUT2D eigenvalue weighted by molar-refractivity contribution is 5.88. The van der Waals surface area contributed by atoms with E-state index < -0.39 is 35.1 Å². The quantitative estimate of drug-likeness (QED) is 0.476. The third kappa shape index (κ3) is 2.39. The monoisotopic (exact) mass is 369 g/mol. The van der Waals surface area contributed by atoms with E-state index in [2.05, 4.69) is 10.3 Å². The number of nitrogens with two attached hydrogens (primary N) is 1. The number of hydrogen-bond donors (Lipinski definition) is 4. The largest absolute Gasteiger partial charge is 0.494 e. The fourth-order valence-corrected chi connectivity index (χ4v) is 3.76. The van der Waals surface area contributed by atoms with Crippen molar-refractivity contribution in [3.05, 3.63) is 61.9 Å². The number of para-hydroxylation sites is 1. The normalized spacial score (nSPS) is 19.2. The van der Waals surface area contributed by atoms with Gasteiger partial charge in [0.15, 0.2) is 0 Å². The Morgan fingerprint density at radius 3 is 2.63 bits per heavy atom. The molecule has 9 nitrogen and oxygen atoms in total. The van der Waals surface area contributed by atoms with Gasteiger partial charge >= 0.3 is 5.69 Å². The van der Waals surface area contributed by atoms with Crippen LogP contribution < -0.4 is 22.3 Å². The Morgan fingerprint density at radius 1 is 1.22 bits per heavy atom. The number of nitrogens with zero attached hydrogens (tertiary/aromatic N) is 2. The van der Waals surface area contributed by atoms with Gasteiger partial charge in [-0.1, -0.05) is 18.2 Å². The summed E-state index contributed by atoms with van der Waals surface area (Å²) in [5.41, 5.74) is 6.60. The molecule has 0 saturated carbocycles. The molecule has 3 aromatic rings. The number of amides is 1. The van der Waals surface area contributed by atoms with Crippen molar-refractivity contribution in [2.45, 2.75) is 18.5 Å². The maximum atomic E-state index is 12.8. The van der Waals surface area contributed by atoms with Crippen LogP contribution in [-0.2, 0) is 25.3 Å². The average Bonchev–Trinajstić information content (AvgIpc) is 3.03. The predicted molar refractivity (Wildman–Crippen MR) is 98.6 cm³/mol. The summed E-state index contributed by atoms with van der Waals surface area (Å²) >= 11 is 0. The molecule has 1 aliphatic rings. The summed E-state index contributed by atoms with van der Waals surface area (Å²) in [4.78, 5) is 40.0. The van der Waals surface area contributed by atoms with E-state index in [1.165, 1.54) is 14.1 Å². The zero-order chi connectivity index (χ0) is 19.5. The molecule has 2 unspecified atom stereocenters. The van der Waals surface area contributed by atoms with Gasteiger partial charge in [0.2, 0.25) is 11.8 Å². The second-order valence-corrected chi connectivity index (χ2v) is 6.76. The van der Waals surface area contributed by atoms with E-state index in [-0.39, 0.29) is 5.56 Å². The minimum absolute atomic E-state index is 0.0154. The Kier molecular flexibility index (Phi) is 3.70. The number of carbonyl (C=O) groups excluding carboxylic acids is 1. The van der Waals surface area contributed by atoms with Crippen molar-refractivity contribution < 1.29 is 9.90 Å². The highest BCUT2D eigenvalue weighted by Gasteiger charge is 2.36. The van der Waals surface area contributed by atoms with Crippen LogP contribution in [0.2, 0.25) is 0 Å². The van der Waals surface area contributed by atoms with E-state index in [1.54, 1.807) is 0 Å². The molecule has 4 rings (SSSR count). The summed E-state index contributed by atoms with van der Waals surface area (Å²) in [6.07, 6.45) is 0.359. The van der Waals surface area contributed by atoms with Crippen molar-refractivity contribution in [3.8, 4) is 5.88 Å². The molecule has 0 spiro atoms. The maximum absolute atomic E-state index is 12.8. The van der Waals surface area contributed by atoms with Gasteiger partial charge < -0.3 is 15.8 Å². The van der Waals surface area contributed by atoms with Crippen molar-refractivity contribution in [2.24, 2.45) is 19.8 Å². The van der Waals surface area contributed by atoms with Gasteiger partial charge in [-0.2, -0.15) is 0 Å². The molecule has 0 aliphatic carbocycles. The van der Waals surface area contributed by atoms with E-state index >= 15 is 0 Å². The van der Waals surface area contributed by atoms with Gasteiger partial charge in [-0.05, 0) is 18.1 Å². The molecule has 1 aliphatic heterocycles.